The summed E-state index contributed by atoms with van der Waals surface area (Å²) < 4.78 is 40.9. The van der Waals surface area contributed by atoms with Crippen LogP contribution in [-0.2, 0) is 32.6 Å². The molecule has 0 unspecified atom stereocenters. The van der Waals surface area contributed by atoms with Crippen LogP contribution in [0, 0.1) is 0 Å². The molecule has 0 fully saturated rings. The van der Waals surface area contributed by atoms with Gasteiger partial charge in [-0.2, -0.15) is 0 Å². The second kappa shape index (κ2) is 14.5. The molecule has 5 rings (SSSR count). The Morgan fingerprint density at radius 2 is 1.47 bits per heavy atom. The first-order valence-corrected chi connectivity index (χ1v) is 17.1. The Hall–Kier alpha value is -4.54. The van der Waals surface area contributed by atoms with Crippen molar-refractivity contribution in [3.63, 3.8) is 0 Å². The van der Waals surface area contributed by atoms with Crippen LogP contribution in [0.5, 0.6) is 11.5 Å². The molecule has 9 nitrogen and oxygen atoms in total. The average molecular weight is 676 g/mol. The number of amides is 2. The molecule has 0 saturated heterocycles. The number of nitrogens with one attached hydrogen (secondary N) is 1. The van der Waals surface area contributed by atoms with Gasteiger partial charge < -0.3 is 19.7 Å². The third-order valence-corrected chi connectivity index (χ3v) is 9.65. The lowest BCUT2D eigenvalue weighted by Gasteiger charge is -2.35. The molecular formula is C36H38ClN3O6S. The van der Waals surface area contributed by atoms with Crippen molar-refractivity contribution >= 4 is 39.1 Å². The summed E-state index contributed by atoms with van der Waals surface area (Å²) in [6, 6.07) is 28.1. The van der Waals surface area contributed by atoms with Crippen molar-refractivity contribution in [2.24, 2.45) is 0 Å². The van der Waals surface area contributed by atoms with Crippen molar-refractivity contribution in [1.29, 1.82) is 0 Å². The number of carbonyl (C=O) groups is 2. The van der Waals surface area contributed by atoms with Crippen LogP contribution in [0.15, 0.2) is 108 Å². The lowest BCUT2D eigenvalue weighted by atomic mass is 10.0. The van der Waals surface area contributed by atoms with E-state index in [2.05, 4.69) is 5.32 Å². The molecule has 0 bridgehead atoms. The number of nitrogens with zero attached hydrogens (tertiary/aromatic N) is 2. The van der Waals surface area contributed by atoms with E-state index in [0.717, 1.165) is 9.87 Å². The fraction of sp³-hybridized carbons (Fsp3) is 0.278. The van der Waals surface area contributed by atoms with Gasteiger partial charge in [0.05, 0.1) is 10.6 Å². The van der Waals surface area contributed by atoms with Crippen molar-refractivity contribution in [3.05, 3.63) is 119 Å². The minimum atomic E-state index is -4.26. The van der Waals surface area contributed by atoms with E-state index in [1.165, 1.54) is 17.0 Å². The molecule has 2 amide bonds. The Morgan fingerprint density at radius 3 is 2.13 bits per heavy atom. The Labute approximate surface area is 281 Å². The maximum atomic E-state index is 14.7. The van der Waals surface area contributed by atoms with Crippen molar-refractivity contribution in [2.75, 3.05) is 24.1 Å². The van der Waals surface area contributed by atoms with Gasteiger partial charge in [-0.05, 0) is 62.2 Å². The van der Waals surface area contributed by atoms with Gasteiger partial charge >= 0.3 is 0 Å². The summed E-state index contributed by atoms with van der Waals surface area (Å²) in [6.45, 7) is 5.62. The smallest absolute Gasteiger partial charge is 0.264 e. The monoisotopic (exact) mass is 675 g/mol. The molecule has 0 radical (unpaired) electrons. The van der Waals surface area contributed by atoms with Crippen LogP contribution in [0.25, 0.3) is 0 Å². The number of rotatable bonds is 11. The average Bonchev–Trinajstić information content (AvgIpc) is 3.05. The van der Waals surface area contributed by atoms with Gasteiger partial charge in [-0.1, -0.05) is 78.3 Å². The third-order valence-electron chi connectivity index (χ3n) is 7.49. The quantitative estimate of drug-likeness (QED) is 0.214. The minimum Gasteiger partial charge on any atom is -0.486 e. The van der Waals surface area contributed by atoms with Crippen LogP contribution < -0.4 is 19.1 Å². The zero-order chi connectivity index (χ0) is 33.6. The van der Waals surface area contributed by atoms with Gasteiger partial charge in [0, 0.05) is 29.6 Å². The van der Waals surface area contributed by atoms with Gasteiger partial charge in [-0.3, -0.25) is 13.9 Å². The van der Waals surface area contributed by atoms with Crippen LogP contribution in [0.3, 0.4) is 0 Å². The molecule has 1 atom stereocenters. The van der Waals surface area contributed by atoms with Gasteiger partial charge in [-0.15, -0.1) is 0 Å². The number of hydrogen-bond donors (Lipinski definition) is 1. The molecule has 0 aromatic heterocycles. The second-order valence-electron chi connectivity index (χ2n) is 12.2. The van der Waals surface area contributed by atoms with E-state index in [9.17, 15) is 18.0 Å². The molecule has 47 heavy (non-hydrogen) atoms. The topological polar surface area (TPSA) is 105 Å². The molecule has 0 saturated carbocycles. The second-order valence-corrected chi connectivity index (χ2v) is 14.5. The number of anilines is 1. The summed E-state index contributed by atoms with van der Waals surface area (Å²) in [5.74, 6) is -0.123. The fourth-order valence-corrected chi connectivity index (χ4v) is 6.88. The van der Waals surface area contributed by atoms with E-state index in [4.69, 9.17) is 21.1 Å². The number of fused-ring (bicyclic) bond motifs is 1. The number of carbonyl (C=O) groups excluding carboxylic acids is 2. The predicted octanol–water partition coefficient (Wildman–Crippen LogP) is 5.86. The summed E-state index contributed by atoms with van der Waals surface area (Å²) >= 11 is 6.58. The minimum absolute atomic E-state index is 0.00616. The molecule has 0 aliphatic carbocycles. The first kappa shape index (κ1) is 33.8. The normalized spacial score (nSPS) is 13.4. The number of benzene rings is 4. The molecule has 0 spiro atoms. The summed E-state index contributed by atoms with van der Waals surface area (Å²) in [4.78, 5) is 30.1. The Bertz CT molecular complexity index is 1810. The van der Waals surface area contributed by atoms with Crippen molar-refractivity contribution < 1.29 is 27.5 Å². The van der Waals surface area contributed by atoms with Crippen molar-refractivity contribution in [1.82, 2.24) is 10.2 Å². The first-order valence-electron chi connectivity index (χ1n) is 15.3. The molecule has 246 valence electrons. The number of halogens is 1. The van der Waals surface area contributed by atoms with E-state index in [-0.39, 0.29) is 29.5 Å². The van der Waals surface area contributed by atoms with Crippen LogP contribution in [-0.4, -0.2) is 56.5 Å². The maximum Gasteiger partial charge on any atom is 0.264 e. The molecule has 4 aromatic carbocycles. The fourth-order valence-electron chi connectivity index (χ4n) is 5.25. The third kappa shape index (κ3) is 8.44. The first-order chi connectivity index (χ1) is 22.4. The summed E-state index contributed by atoms with van der Waals surface area (Å²) in [5.41, 5.74) is 1.06. The lowest BCUT2D eigenvalue weighted by molar-refractivity contribution is -0.140. The predicted molar refractivity (Wildman–Crippen MR) is 182 cm³/mol. The molecule has 1 aliphatic rings. The number of hydrogen-bond acceptors (Lipinski definition) is 6. The Morgan fingerprint density at radius 1 is 0.851 bits per heavy atom. The molecular weight excluding hydrogens is 638 g/mol. The van der Waals surface area contributed by atoms with E-state index in [0.29, 0.717) is 35.3 Å². The van der Waals surface area contributed by atoms with E-state index in [1.807, 2.05) is 51.1 Å². The van der Waals surface area contributed by atoms with Crippen LogP contribution in [0.2, 0.25) is 5.02 Å². The number of sulfonamides is 1. The highest BCUT2D eigenvalue weighted by Crippen LogP contribution is 2.36. The Balaban J connectivity index is 1.60. The zero-order valence-electron chi connectivity index (χ0n) is 26.6. The van der Waals surface area contributed by atoms with Gasteiger partial charge in [0.25, 0.3) is 10.0 Å². The van der Waals surface area contributed by atoms with Gasteiger partial charge in [0.2, 0.25) is 11.8 Å². The summed E-state index contributed by atoms with van der Waals surface area (Å²) in [7, 11) is -4.26. The number of ether oxygens (including phenoxy) is 2. The highest BCUT2D eigenvalue weighted by atomic mass is 35.5. The molecule has 11 heteroatoms. The molecule has 1 heterocycles. The largest absolute Gasteiger partial charge is 0.486 e. The van der Waals surface area contributed by atoms with E-state index in [1.54, 1.807) is 60.7 Å². The van der Waals surface area contributed by atoms with Crippen LogP contribution >= 0.6 is 11.6 Å². The SMILES string of the molecule is CC(C)(C)NC(=O)[C@H](Cc1ccccc1)N(Cc1ccccc1Cl)C(=O)CN(c1ccc2c(c1)OCCO2)S(=O)(=O)c1ccccc1. The molecule has 1 aliphatic heterocycles. The Kier molecular flexibility index (Phi) is 10.4. The molecule has 1 N–H and O–H groups in total. The van der Waals surface area contributed by atoms with Gasteiger partial charge in [-0.25, -0.2) is 8.42 Å². The summed E-state index contributed by atoms with van der Waals surface area (Å²) in [6.07, 6.45) is 0.189. The highest BCUT2D eigenvalue weighted by molar-refractivity contribution is 7.92. The van der Waals surface area contributed by atoms with Gasteiger partial charge in [0.1, 0.15) is 25.8 Å². The lowest BCUT2D eigenvalue weighted by Crippen LogP contribution is -2.56. The van der Waals surface area contributed by atoms with Crippen molar-refractivity contribution in [3.8, 4) is 11.5 Å². The standard InChI is InChI=1S/C36H38ClN3O6S/c1-36(2,3)38-35(42)31(22-26-12-6-4-7-13-26)39(24-27-14-10-11-17-30(27)37)34(41)25-40(47(43,44)29-15-8-5-9-16-29)28-18-19-32-33(23-28)46-21-20-45-32/h4-19,23,31H,20-22,24-25H2,1-3H3,(H,38,42)/t31-/m0/s1. The van der Waals surface area contributed by atoms with Crippen LogP contribution in [0.1, 0.15) is 31.9 Å². The van der Waals surface area contributed by atoms with Crippen molar-refractivity contribution in [2.45, 2.75) is 50.2 Å². The highest BCUT2D eigenvalue weighted by Gasteiger charge is 2.36. The van der Waals surface area contributed by atoms with Gasteiger partial charge in [0.15, 0.2) is 11.5 Å². The molecule has 4 aromatic rings. The van der Waals surface area contributed by atoms with E-state index < -0.39 is 34.1 Å². The summed E-state index contributed by atoms with van der Waals surface area (Å²) in [5, 5.41) is 3.44. The van der Waals surface area contributed by atoms with Crippen LogP contribution in [0.4, 0.5) is 5.69 Å². The maximum absolute atomic E-state index is 14.7. The van der Waals surface area contributed by atoms with E-state index >= 15 is 0 Å². The zero-order valence-corrected chi connectivity index (χ0v) is 28.1.